The molecule has 0 saturated carbocycles. The van der Waals surface area contributed by atoms with Crippen molar-refractivity contribution in [2.24, 2.45) is 0 Å². The average Bonchev–Trinajstić information content (AvgIpc) is 3.37. The Hall–Kier alpha value is -5.47. The van der Waals surface area contributed by atoms with Crippen molar-refractivity contribution >= 4 is 32.3 Å². The molecule has 0 unspecified atom stereocenters. The standard InChI is InChI=1S/C41H30N2/c1-27-28(2)43(41(42-27)31-13-4-3-5-14-31)34-24-22-30(23-25-34)39-35-16-8-10-18-37(35)40(38-19-11-9-17-36(38)39)33-21-20-29-12-6-7-15-32(29)26-33/h3-26H,1-2H3. The predicted octanol–water partition coefficient (Wildman–Crippen LogP) is 10.9. The monoisotopic (exact) mass is 550 g/mol. The first-order valence-corrected chi connectivity index (χ1v) is 14.8. The highest BCUT2D eigenvalue weighted by atomic mass is 15.1. The van der Waals surface area contributed by atoms with Gasteiger partial charge in [0.1, 0.15) is 5.82 Å². The highest BCUT2D eigenvalue weighted by Crippen LogP contribution is 2.44. The molecular formula is C41H30N2. The maximum absolute atomic E-state index is 4.94. The molecule has 0 saturated heterocycles. The minimum atomic E-state index is 0.971. The van der Waals surface area contributed by atoms with Gasteiger partial charge in [-0.3, -0.25) is 4.57 Å². The summed E-state index contributed by atoms with van der Waals surface area (Å²) in [5, 5.41) is 7.57. The predicted molar refractivity (Wildman–Crippen MR) is 182 cm³/mol. The summed E-state index contributed by atoms with van der Waals surface area (Å²) < 4.78 is 2.27. The Morgan fingerprint density at radius 1 is 0.442 bits per heavy atom. The van der Waals surface area contributed by atoms with Crippen LogP contribution in [0.4, 0.5) is 0 Å². The van der Waals surface area contributed by atoms with Gasteiger partial charge in [0.15, 0.2) is 0 Å². The molecular weight excluding hydrogens is 520 g/mol. The van der Waals surface area contributed by atoms with Gasteiger partial charge >= 0.3 is 0 Å². The molecule has 0 radical (unpaired) electrons. The van der Waals surface area contributed by atoms with Gasteiger partial charge in [-0.2, -0.15) is 0 Å². The maximum Gasteiger partial charge on any atom is 0.145 e. The van der Waals surface area contributed by atoms with Crippen molar-refractivity contribution in [2.75, 3.05) is 0 Å². The third-order valence-corrected chi connectivity index (χ3v) is 8.76. The number of imidazole rings is 1. The molecule has 0 aliphatic heterocycles. The Bertz CT molecular complexity index is 2230. The van der Waals surface area contributed by atoms with E-state index in [1.807, 2.05) is 6.07 Å². The molecule has 204 valence electrons. The van der Waals surface area contributed by atoms with Gasteiger partial charge in [-0.05, 0) is 86.6 Å². The molecule has 0 aliphatic carbocycles. The second kappa shape index (κ2) is 10.1. The lowest BCUT2D eigenvalue weighted by atomic mass is 9.85. The average molecular weight is 551 g/mol. The Morgan fingerprint density at radius 2 is 0.953 bits per heavy atom. The van der Waals surface area contributed by atoms with Gasteiger partial charge in [-0.25, -0.2) is 4.98 Å². The Labute approximate surface area is 251 Å². The van der Waals surface area contributed by atoms with Gasteiger partial charge < -0.3 is 0 Å². The molecule has 8 rings (SSSR count). The molecule has 0 bridgehead atoms. The van der Waals surface area contributed by atoms with E-state index in [1.165, 1.54) is 54.6 Å². The zero-order chi connectivity index (χ0) is 28.9. The van der Waals surface area contributed by atoms with Crippen LogP contribution in [0.25, 0.3) is 71.6 Å². The number of fused-ring (bicyclic) bond motifs is 3. The second-order valence-corrected chi connectivity index (χ2v) is 11.3. The van der Waals surface area contributed by atoms with E-state index in [2.05, 4.69) is 158 Å². The molecule has 2 heteroatoms. The van der Waals surface area contributed by atoms with Crippen molar-refractivity contribution in [1.29, 1.82) is 0 Å². The van der Waals surface area contributed by atoms with E-state index >= 15 is 0 Å². The van der Waals surface area contributed by atoms with Gasteiger partial charge in [0, 0.05) is 16.9 Å². The normalized spacial score (nSPS) is 11.5. The molecule has 43 heavy (non-hydrogen) atoms. The molecule has 0 atom stereocenters. The first-order chi connectivity index (χ1) is 21.2. The Kier molecular flexibility index (Phi) is 5.94. The summed E-state index contributed by atoms with van der Waals surface area (Å²) in [7, 11) is 0. The van der Waals surface area contributed by atoms with Gasteiger partial charge in [-0.15, -0.1) is 0 Å². The SMILES string of the molecule is Cc1nc(-c2ccccc2)n(-c2ccc(-c3c4ccccc4c(-c4ccc5ccccc5c4)c4ccccc34)cc2)c1C. The maximum atomic E-state index is 4.94. The fraction of sp³-hybridized carbons (Fsp3) is 0.0488. The molecule has 2 nitrogen and oxygen atoms in total. The topological polar surface area (TPSA) is 17.8 Å². The summed E-state index contributed by atoms with van der Waals surface area (Å²) >= 11 is 0. The summed E-state index contributed by atoms with van der Waals surface area (Å²) in [4.78, 5) is 4.94. The Morgan fingerprint density at radius 3 is 1.58 bits per heavy atom. The first-order valence-electron chi connectivity index (χ1n) is 14.8. The van der Waals surface area contributed by atoms with E-state index in [1.54, 1.807) is 0 Å². The van der Waals surface area contributed by atoms with Gasteiger partial charge in [0.2, 0.25) is 0 Å². The third-order valence-electron chi connectivity index (χ3n) is 8.76. The summed E-state index contributed by atoms with van der Waals surface area (Å²) in [5.74, 6) is 0.971. The molecule has 7 aromatic carbocycles. The van der Waals surface area contributed by atoms with Crippen LogP contribution in [-0.4, -0.2) is 9.55 Å². The summed E-state index contributed by atoms with van der Waals surface area (Å²) in [5.41, 5.74) is 9.43. The van der Waals surface area contributed by atoms with E-state index < -0.39 is 0 Å². The van der Waals surface area contributed by atoms with Gasteiger partial charge in [0.25, 0.3) is 0 Å². The van der Waals surface area contributed by atoms with Gasteiger partial charge in [0.05, 0.1) is 5.69 Å². The Balaban J connectivity index is 1.33. The van der Waals surface area contributed by atoms with E-state index in [9.17, 15) is 0 Å². The van der Waals surface area contributed by atoms with Crippen LogP contribution in [0, 0.1) is 13.8 Å². The van der Waals surface area contributed by atoms with Crippen LogP contribution in [0.15, 0.2) is 146 Å². The summed E-state index contributed by atoms with van der Waals surface area (Å²) in [6.45, 7) is 4.23. The van der Waals surface area contributed by atoms with Crippen molar-refractivity contribution in [3.63, 3.8) is 0 Å². The molecule has 0 aliphatic rings. The van der Waals surface area contributed by atoms with Crippen LogP contribution in [0.2, 0.25) is 0 Å². The van der Waals surface area contributed by atoms with E-state index in [4.69, 9.17) is 4.98 Å². The van der Waals surface area contributed by atoms with Crippen LogP contribution in [0.3, 0.4) is 0 Å². The molecule has 8 aromatic rings. The largest absolute Gasteiger partial charge is 0.297 e. The number of benzene rings is 7. The highest BCUT2D eigenvalue weighted by molar-refractivity contribution is 6.21. The van der Waals surface area contributed by atoms with Crippen molar-refractivity contribution < 1.29 is 0 Å². The lowest BCUT2D eigenvalue weighted by molar-refractivity contribution is 1.01. The minimum absolute atomic E-state index is 0.971. The van der Waals surface area contributed by atoms with Gasteiger partial charge in [-0.1, -0.05) is 127 Å². The number of hydrogen-bond acceptors (Lipinski definition) is 1. The number of aryl methyl sites for hydroxylation is 1. The first kappa shape index (κ1) is 25.3. The van der Waals surface area contributed by atoms with Crippen molar-refractivity contribution in [2.45, 2.75) is 13.8 Å². The van der Waals surface area contributed by atoms with Crippen molar-refractivity contribution in [3.8, 4) is 39.3 Å². The summed E-state index contributed by atoms with van der Waals surface area (Å²) in [6.07, 6.45) is 0. The zero-order valence-corrected chi connectivity index (χ0v) is 24.3. The minimum Gasteiger partial charge on any atom is -0.297 e. The lowest BCUT2D eigenvalue weighted by Gasteiger charge is -2.18. The fourth-order valence-electron chi connectivity index (χ4n) is 6.58. The van der Waals surface area contributed by atoms with Crippen LogP contribution in [-0.2, 0) is 0 Å². The number of aromatic nitrogens is 2. The zero-order valence-electron chi connectivity index (χ0n) is 24.3. The molecule has 1 aromatic heterocycles. The quantitative estimate of drug-likeness (QED) is 0.199. The third kappa shape index (κ3) is 4.14. The number of hydrogen-bond donors (Lipinski definition) is 0. The van der Waals surface area contributed by atoms with Crippen LogP contribution < -0.4 is 0 Å². The smallest absolute Gasteiger partial charge is 0.145 e. The van der Waals surface area contributed by atoms with Crippen LogP contribution >= 0.6 is 0 Å². The molecule has 0 amide bonds. The number of rotatable bonds is 4. The van der Waals surface area contributed by atoms with E-state index in [-0.39, 0.29) is 0 Å². The molecule has 0 N–H and O–H groups in total. The van der Waals surface area contributed by atoms with Crippen molar-refractivity contribution in [1.82, 2.24) is 9.55 Å². The molecule has 0 fully saturated rings. The van der Waals surface area contributed by atoms with Crippen LogP contribution in [0.1, 0.15) is 11.4 Å². The van der Waals surface area contributed by atoms with Crippen molar-refractivity contribution in [3.05, 3.63) is 157 Å². The highest BCUT2D eigenvalue weighted by Gasteiger charge is 2.18. The second-order valence-electron chi connectivity index (χ2n) is 11.3. The fourth-order valence-corrected chi connectivity index (χ4v) is 6.58. The lowest BCUT2D eigenvalue weighted by Crippen LogP contribution is -2.00. The molecule has 0 spiro atoms. The van der Waals surface area contributed by atoms with Crippen LogP contribution in [0.5, 0.6) is 0 Å². The van der Waals surface area contributed by atoms with E-state index in [0.717, 1.165) is 28.5 Å². The molecule has 1 heterocycles. The summed E-state index contributed by atoms with van der Waals surface area (Å²) in [6, 6.07) is 52.6. The number of nitrogens with zero attached hydrogens (tertiary/aromatic N) is 2. The van der Waals surface area contributed by atoms with E-state index in [0.29, 0.717) is 0 Å².